The van der Waals surface area contributed by atoms with Gasteiger partial charge in [-0.25, -0.2) is 0 Å². The Hall–Kier alpha value is -0.0400. The molecule has 2 rings (SSSR count). The Balaban J connectivity index is 1.95. The van der Waals surface area contributed by atoms with Gasteiger partial charge >= 0.3 is 0 Å². The van der Waals surface area contributed by atoms with Crippen molar-refractivity contribution in [1.82, 2.24) is 5.32 Å². The molecule has 1 nitrogen and oxygen atoms in total. The van der Waals surface area contributed by atoms with E-state index in [1.807, 2.05) is 0 Å². The van der Waals surface area contributed by atoms with Crippen molar-refractivity contribution in [3.63, 3.8) is 0 Å². The lowest BCUT2D eigenvalue weighted by atomic mass is 9.66. The quantitative estimate of drug-likeness (QED) is 0.746. The molecule has 1 N–H and O–H groups in total. The molecule has 1 saturated heterocycles. The molecule has 1 aliphatic heterocycles. The van der Waals surface area contributed by atoms with Crippen molar-refractivity contribution in [2.75, 3.05) is 13.1 Å². The second kappa shape index (κ2) is 5.53. The average molecular weight is 223 g/mol. The van der Waals surface area contributed by atoms with Crippen molar-refractivity contribution in [3.05, 3.63) is 0 Å². The van der Waals surface area contributed by atoms with Crippen LogP contribution < -0.4 is 5.32 Å². The number of piperidine rings is 1. The summed E-state index contributed by atoms with van der Waals surface area (Å²) >= 11 is 0. The molecule has 1 aliphatic carbocycles. The molecule has 1 spiro atoms. The van der Waals surface area contributed by atoms with Crippen LogP contribution in [0, 0.1) is 17.3 Å². The van der Waals surface area contributed by atoms with Gasteiger partial charge in [-0.3, -0.25) is 0 Å². The predicted molar refractivity (Wildman–Crippen MR) is 70.6 cm³/mol. The van der Waals surface area contributed by atoms with Gasteiger partial charge in [-0.1, -0.05) is 39.5 Å². The minimum Gasteiger partial charge on any atom is -0.316 e. The van der Waals surface area contributed by atoms with Gasteiger partial charge in [0.05, 0.1) is 0 Å². The Morgan fingerprint density at radius 2 is 2.06 bits per heavy atom. The summed E-state index contributed by atoms with van der Waals surface area (Å²) in [6.45, 7) is 7.35. The van der Waals surface area contributed by atoms with Gasteiger partial charge in [-0.15, -0.1) is 0 Å². The fraction of sp³-hybridized carbons (Fsp3) is 1.00. The van der Waals surface area contributed by atoms with Gasteiger partial charge in [0, 0.05) is 0 Å². The van der Waals surface area contributed by atoms with Gasteiger partial charge in [-0.2, -0.15) is 0 Å². The fourth-order valence-electron chi connectivity index (χ4n) is 4.06. The molecular weight excluding hydrogens is 194 g/mol. The third kappa shape index (κ3) is 2.61. The van der Waals surface area contributed by atoms with E-state index in [0.29, 0.717) is 5.41 Å². The maximum atomic E-state index is 3.56. The van der Waals surface area contributed by atoms with Crippen LogP contribution in [-0.4, -0.2) is 13.1 Å². The minimum absolute atomic E-state index is 0.716. The molecule has 16 heavy (non-hydrogen) atoms. The minimum atomic E-state index is 0.716. The SMILES string of the molecule is CCCC1CCCC2(CCNCC2C)CC1. The van der Waals surface area contributed by atoms with Crippen LogP contribution in [0.1, 0.15) is 65.2 Å². The first-order valence-electron chi connectivity index (χ1n) is 7.47. The van der Waals surface area contributed by atoms with E-state index in [1.165, 1.54) is 64.5 Å². The number of hydrogen-bond acceptors (Lipinski definition) is 1. The highest BCUT2D eigenvalue weighted by atomic mass is 14.9. The first-order valence-corrected chi connectivity index (χ1v) is 7.47. The van der Waals surface area contributed by atoms with E-state index in [2.05, 4.69) is 19.2 Å². The van der Waals surface area contributed by atoms with Gasteiger partial charge in [0.2, 0.25) is 0 Å². The topological polar surface area (TPSA) is 12.0 Å². The van der Waals surface area contributed by atoms with E-state index in [1.54, 1.807) is 0 Å². The van der Waals surface area contributed by atoms with E-state index in [-0.39, 0.29) is 0 Å². The zero-order valence-electron chi connectivity index (χ0n) is 11.2. The molecule has 2 fully saturated rings. The zero-order chi connectivity index (χ0) is 11.4. The molecular formula is C15H29N. The Kier molecular flexibility index (Phi) is 4.29. The van der Waals surface area contributed by atoms with Crippen LogP contribution in [0.4, 0.5) is 0 Å². The smallest absolute Gasteiger partial charge is 0.00178 e. The molecule has 0 aromatic carbocycles. The summed E-state index contributed by atoms with van der Waals surface area (Å²) in [5, 5.41) is 3.56. The zero-order valence-corrected chi connectivity index (χ0v) is 11.2. The predicted octanol–water partition coefficient (Wildman–Crippen LogP) is 3.98. The van der Waals surface area contributed by atoms with Crippen LogP contribution in [-0.2, 0) is 0 Å². The van der Waals surface area contributed by atoms with Crippen LogP contribution in [0.25, 0.3) is 0 Å². The summed E-state index contributed by atoms with van der Waals surface area (Å²) in [6.07, 6.45) is 11.8. The summed E-state index contributed by atoms with van der Waals surface area (Å²) in [5.41, 5.74) is 0.716. The lowest BCUT2D eigenvalue weighted by molar-refractivity contribution is 0.0973. The van der Waals surface area contributed by atoms with Gasteiger partial charge in [0.15, 0.2) is 0 Å². The number of rotatable bonds is 2. The van der Waals surface area contributed by atoms with Gasteiger partial charge in [0.25, 0.3) is 0 Å². The van der Waals surface area contributed by atoms with Gasteiger partial charge in [0.1, 0.15) is 0 Å². The molecule has 3 atom stereocenters. The van der Waals surface area contributed by atoms with E-state index in [9.17, 15) is 0 Å². The summed E-state index contributed by atoms with van der Waals surface area (Å²) in [4.78, 5) is 0. The van der Waals surface area contributed by atoms with Crippen molar-refractivity contribution in [3.8, 4) is 0 Å². The second-order valence-corrected chi connectivity index (χ2v) is 6.30. The van der Waals surface area contributed by atoms with Crippen LogP contribution in [0.5, 0.6) is 0 Å². The molecule has 0 radical (unpaired) electrons. The molecule has 3 unspecified atom stereocenters. The van der Waals surface area contributed by atoms with Crippen molar-refractivity contribution < 1.29 is 0 Å². The number of hydrogen-bond donors (Lipinski definition) is 1. The first-order chi connectivity index (χ1) is 7.77. The Morgan fingerprint density at radius 1 is 1.19 bits per heavy atom. The highest BCUT2D eigenvalue weighted by Gasteiger charge is 2.39. The maximum absolute atomic E-state index is 3.56. The second-order valence-electron chi connectivity index (χ2n) is 6.30. The largest absolute Gasteiger partial charge is 0.316 e. The van der Waals surface area contributed by atoms with E-state index in [4.69, 9.17) is 0 Å². The standard InChI is InChI=1S/C15H29N/c1-3-5-14-6-4-8-15(9-7-14)10-11-16-12-13(15)2/h13-14,16H,3-12H2,1-2H3. The lowest BCUT2D eigenvalue weighted by Gasteiger charge is -2.43. The van der Waals surface area contributed by atoms with Crippen molar-refractivity contribution in [2.24, 2.45) is 17.3 Å². The summed E-state index contributed by atoms with van der Waals surface area (Å²) < 4.78 is 0. The third-order valence-corrected chi connectivity index (χ3v) is 5.33. The summed E-state index contributed by atoms with van der Waals surface area (Å²) in [5.74, 6) is 1.95. The van der Waals surface area contributed by atoms with Crippen LogP contribution in [0.3, 0.4) is 0 Å². The average Bonchev–Trinajstić information content (AvgIpc) is 2.48. The van der Waals surface area contributed by atoms with Crippen molar-refractivity contribution in [2.45, 2.75) is 65.2 Å². The molecule has 1 heteroatoms. The molecule has 1 saturated carbocycles. The van der Waals surface area contributed by atoms with Crippen LogP contribution in [0.2, 0.25) is 0 Å². The van der Waals surface area contributed by atoms with Crippen LogP contribution in [0.15, 0.2) is 0 Å². The van der Waals surface area contributed by atoms with E-state index in [0.717, 1.165) is 11.8 Å². The molecule has 0 aromatic rings. The monoisotopic (exact) mass is 223 g/mol. The Morgan fingerprint density at radius 3 is 2.81 bits per heavy atom. The maximum Gasteiger partial charge on any atom is -0.00178 e. The molecule has 0 bridgehead atoms. The van der Waals surface area contributed by atoms with E-state index >= 15 is 0 Å². The molecule has 1 heterocycles. The van der Waals surface area contributed by atoms with Gasteiger partial charge < -0.3 is 5.32 Å². The highest BCUT2D eigenvalue weighted by Crippen LogP contribution is 2.47. The molecule has 0 aromatic heterocycles. The molecule has 0 amide bonds. The van der Waals surface area contributed by atoms with E-state index < -0.39 is 0 Å². The van der Waals surface area contributed by atoms with Crippen molar-refractivity contribution in [1.29, 1.82) is 0 Å². The normalized spacial score (nSPS) is 40.9. The fourth-order valence-corrected chi connectivity index (χ4v) is 4.06. The third-order valence-electron chi connectivity index (χ3n) is 5.33. The van der Waals surface area contributed by atoms with Gasteiger partial charge in [-0.05, 0) is 56.0 Å². The highest BCUT2D eigenvalue weighted by molar-refractivity contribution is 4.91. The molecule has 2 aliphatic rings. The van der Waals surface area contributed by atoms with Crippen molar-refractivity contribution >= 4 is 0 Å². The molecule has 94 valence electrons. The van der Waals surface area contributed by atoms with Crippen LogP contribution >= 0.6 is 0 Å². The summed E-state index contributed by atoms with van der Waals surface area (Å²) in [7, 11) is 0. The Labute approximate surface area is 101 Å². The summed E-state index contributed by atoms with van der Waals surface area (Å²) in [6, 6.07) is 0. The Bertz CT molecular complexity index is 213. The first kappa shape index (κ1) is 12.4. The lowest BCUT2D eigenvalue weighted by Crippen LogP contribution is -2.43. The number of nitrogens with one attached hydrogen (secondary N) is 1.